The van der Waals surface area contributed by atoms with E-state index in [4.69, 9.17) is 4.74 Å². The largest absolute Gasteiger partial charge is 0.496 e. The van der Waals surface area contributed by atoms with Gasteiger partial charge in [0.2, 0.25) is 5.95 Å². The van der Waals surface area contributed by atoms with E-state index in [2.05, 4.69) is 14.9 Å². The number of rotatable bonds is 3. The monoisotopic (exact) mass is 324 g/mol. The highest BCUT2D eigenvalue weighted by atomic mass is 16.5. The van der Waals surface area contributed by atoms with E-state index in [1.165, 1.54) is 0 Å². The number of amides is 1. The maximum Gasteiger partial charge on any atom is 0.257 e. The van der Waals surface area contributed by atoms with Crippen LogP contribution in [0, 0.1) is 11.8 Å². The lowest BCUT2D eigenvalue weighted by atomic mass is 10.0. The molecular weight excluding hydrogens is 304 g/mol. The van der Waals surface area contributed by atoms with Gasteiger partial charge in [0.15, 0.2) is 0 Å². The minimum atomic E-state index is 0.0596. The fourth-order valence-corrected chi connectivity index (χ4v) is 3.77. The van der Waals surface area contributed by atoms with Crippen LogP contribution in [0.15, 0.2) is 42.7 Å². The minimum Gasteiger partial charge on any atom is -0.496 e. The summed E-state index contributed by atoms with van der Waals surface area (Å²) in [5.41, 5.74) is 0.642. The van der Waals surface area contributed by atoms with Gasteiger partial charge in [0.1, 0.15) is 5.75 Å². The molecule has 0 aliphatic carbocycles. The molecule has 0 N–H and O–H groups in total. The van der Waals surface area contributed by atoms with Crippen LogP contribution in [0.1, 0.15) is 10.4 Å². The summed E-state index contributed by atoms with van der Waals surface area (Å²) in [4.78, 5) is 25.7. The molecule has 3 heterocycles. The zero-order valence-electron chi connectivity index (χ0n) is 13.6. The molecule has 0 bridgehead atoms. The van der Waals surface area contributed by atoms with Crippen molar-refractivity contribution in [1.82, 2.24) is 14.9 Å². The molecule has 0 spiro atoms. The Bertz CT molecular complexity index is 723. The molecule has 0 radical (unpaired) electrons. The van der Waals surface area contributed by atoms with Crippen molar-refractivity contribution >= 4 is 11.9 Å². The number of para-hydroxylation sites is 1. The van der Waals surface area contributed by atoms with Crippen LogP contribution < -0.4 is 9.64 Å². The number of ether oxygens (including phenoxy) is 1. The summed E-state index contributed by atoms with van der Waals surface area (Å²) in [7, 11) is 1.60. The molecule has 2 aliphatic rings. The minimum absolute atomic E-state index is 0.0596. The average Bonchev–Trinajstić information content (AvgIpc) is 3.21. The first kappa shape index (κ1) is 14.9. The number of benzene rings is 1. The molecule has 0 saturated carbocycles. The summed E-state index contributed by atoms with van der Waals surface area (Å²) >= 11 is 0. The Balaban J connectivity index is 1.45. The highest BCUT2D eigenvalue weighted by molar-refractivity contribution is 5.97. The van der Waals surface area contributed by atoms with E-state index < -0.39 is 0 Å². The molecule has 124 valence electrons. The zero-order valence-corrected chi connectivity index (χ0v) is 13.6. The zero-order chi connectivity index (χ0) is 16.5. The Hall–Kier alpha value is -2.63. The number of fused-ring (bicyclic) bond motifs is 1. The van der Waals surface area contributed by atoms with E-state index in [1.807, 2.05) is 35.2 Å². The Kier molecular flexibility index (Phi) is 3.80. The molecule has 24 heavy (non-hydrogen) atoms. The van der Waals surface area contributed by atoms with Crippen molar-refractivity contribution in [3.8, 4) is 5.75 Å². The predicted octanol–water partition coefficient (Wildman–Crippen LogP) is 1.69. The van der Waals surface area contributed by atoms with E-state index in [9.17, 15) is 4.79 Å². The lowest BCUT2D eigenvalue weighted by Crippen LogP contribution is -2.33. The fraction of sp³-hybridized carbons (Fsp3) is 0.389. The number of carbonyl (C=O) groups excluding carboxylic acids is 1. The van der Waals surface area contributed by atoms with Crippen LogP contribution in [0.25, 0.3) is 0 Å². The molecule has 6 heteroatoms. The quantitative estimate of drug-likeness (QED) is 0.860. The lowest BCUT2D eigenvalue weighted by molar-refractivity contribution is 0.0779. The van der Waals surface area contributed by atoms with Crippen LogP contribution in [0.5, 0.6) is 5.75 Å². The van der Waals surface area contributed by atoms with Gasteiger partial charge in [-0.25, -0.2) is 9.97 Å². The molecule has 4 rings (SSSR count). The Labute approximate surface area is 141 Å². The number of anilines is 1. The highest BCUT2D eigenvalue weighted by Gasteiger charge is 2.42. The Morgan fingerprint density at radius 3 is 2.38 bits per heavy atom. The van der Waals surface area contributed by atoms with E-state index in [-0.39, 0.29) is 5.91 Å². The fourth-order valence-electron chi connectivity index (χ4n) is 3.77. The summed E-state index contributed by atoms with van der Waals surface area (Å²) < 4.78 is 5.32. The summed E-state index contributed by atoms with van der Waals surface area (Å²) in [5, 5.41) is 0. The van der Waals surface area contributed by atoms with Gasteiger partial charge in [-0.3, -0.25) is 4.79 Å². The second-order valence-electron chi connectivity index (χ2n) is 6.38. The standard InChI is InChI=1S/C18H20N4O2/c1-24-16-6-3-2-5-15(16)17(23)21-9-13-11-22(12-14(13)10-21)18-19-7-4-8-20-18/h2-8,13-14H,9-12H2,1H3. The first-order chi connectivity index (χ1) is 11.8. The van der Waals surface area contributed by atoms with Gasteiger partial charge in [-0.2, -0.15) is 0 Å². The van der Waals surface area contributed by atoms with Gasteiger partial charge in [-0.05, 0) is 18.2 Å². The topological polar surface area (TPSA) is 58.6 Å². The lowest BCUT2D eigenvalue weighted by Gasteiger charge is -2.22. The number of hydrogen-bond donors (Lipinski definition) is 0. The SMILES string of the molecule is COc1ccccc1C(=O)N1CC2CN(c3ncccn3)CC2C1. The number of hydrogen-bond acceptors (Lipinski definition) is 5. The van der Waals surface area contributed by atoms with Crippen LogP contribution in [0.2, 0.25) is 0 Å². The van der Waals surface area contributed by atoms with Crippen LogP contribution >= 0.6 is 0 Å². The summed E-state index contributed by atoms with van der Waals surface area (Å²) in [6.07, 6.45) is 3.54. The molecule has 2 fully saturated rings. The first-order valence-electron chi connectivity index (χ1n) is 8.20. The van der Waals surface area contributed by atoms with Crippen LogP contribution in [0.3, 0.4) is 0 Å². The predicted molar refractivity (Wildman–Crippen MR) is 90.1 cm³/mol. The van der Waals surface area contributed by atoms with Crippen molar-refractivity contribution in [3.05, 3.63) is 48.3 Å². The van der Waals surface area contributed by atoms with Gasteiger partial charge in [-0.1, -0.05) is 12.1 Å². The number of nitrogens with zero attached hydrogens (tertiary/aromatic N) is 4. The smallest absolute Gasteiger partial charge is 0.257 e. The second kappa shape index (κ2) is 6.11. The molecule has 2 saturated heterocycles. The Morgan fingerprint density at radius 1 is 1.04 bits per heavy atom. The summed E-state index contributed by atoms with van der Waals surface area (Å²) in [5.74, 6) is 2.44. The molecule has 1 aromatic carbocycles. The number of carbonyl (C=O) groups is 1. The van der Waals surface area contributed by atoms with Gasteiger partial charge in [0.25, 0.3) is 5.91 Å². The van der Waals surface area contributed by atoms with Crippen molar-refractivity contribution < 1.29 is 9.53 Å². The van der Waals surface area contributed by atoms with Crippen molar-refractivity contribution in [2.24, 2.45) is 11.8 Å². The second-order valence-corrected chi connectivity index (χ2v) is 6.38. The third kappa shape index (κ3) is 2.58. The van der Waals surface area contributed by atoms with E-state index >= 15 is 0 Å². The van der Waals surface area contributed by atoms with Gasteiger partial charge in [0.05, 0.1) is 12.7 Å². The summed E-state index contributed by atoms with van der Waals surface area (Å²) in [6, 6.07) is 9.25. The van der Waals surface area contributed by atoms with Crippen molar-refractivity contribution in [3.63, 3.8) is 0 Å². The third-order valence-electron chi connectivity index (χ3n) is 4.95. The van der Waals surface area contributed by atoms with Crippen molar-refractivity contribution in [1.29, 1.82) is 0 Å². The summed E-state index contributed by atoms with van der Waals surface area (Å²) in [6.45, 7) is 3.38. The van der Waals surface area contributed by atoms with Crippen molar-refractivity contribution in [2.45, 2.75) is 0 Å². The van der Waals surface area contributed by atoms with Crippen LogP contribution in [-0.4, -0.2) is 54.1 Å². The molecular formula is C18H20N4O2. The third-order valence-corrected chi connectivity index (χ3v) is 4.95. The van der Waals surface area contributed by atoms with Crippen LogP contribution in [-0.2, 0) is 0 Å². The van der Waals surface area contributed by atoms with Gasteiger partial charge in [-0.15, -0.1) is 0 Å². The van der Waals surface area contributed by atoms with Crippen LogP contribution in [0.4, 0.5) is 5.95 Å². The average molecular weight is 324 g/mol. The first-order valence-corrected chi connectivity index (χ1v) is 8.20. The molecule has 2 unspecified atom stereocenters. The van der Waals surface area contributed by atoms with Gasteiger partial charge < -0.3 is 14.5 Å². The molecule has 1 amide bonds. The number of likely N-dealkylation sites (tertiary alicyclic amines) is 1. The molecule has 2 atom stereocenters. The molecule has 6 nitrogen and oxygen atoms in total. The molecule has 2 aromatic rings. The van der Waals surface area contributed by atoms with E-state index in [0.717, 1.165) is 32.1 Å². The normalized spacial score (nSPS) is 22.5. The number of methoxy groups -OCH3 is 1. The van der Waals surface area contributed by atoms with Gasteiger partial charge >= 0.3 is 0 Å². The highest BCUT2D eigenvalue weighted by Crippen LogP contribution is 2.34. The maximum absolute atomic E-state index is 12.8. The van der Waals surface area contributed by atoms with E-state index in [0.29, 0.717) is 23.1 Å². The Morgan fingerprint density at radius 2 is 1.71 bits per heavy atom. The molecule has 2 aliphatic heterocycles. The van der Waals surface area contributed by atoms with Gasteiger partial charge in [0, 0.05) is 50.4 Å². The van der Waals surface area contributed by atoms with Crippen molar-refractivity contribution in [2.75, 3.05) is 38.2 Å². The van der Waals surface area contributed by atoms with E-state index in [1.54, 1.807) is 19.5 Å². The maximum atomic E-state index is 12.8. The number of aromatic nitrogens is 2. The molecule has 1 aromatic heterocycles.